The average Bonchev–Trinajstić information content (AvgIpc) is 2.30. The van der Waals surface area contributed by atoms with Crippen molar-refractivity contribution in [2.45, 2.75) is 11.8 Å². The fraction of sp³-hybridized carbons (Fsp3) is 0.0769. The lowest BCUT2D eigenvalue weighted by Gasteiger charge is -1.95. The Morgan fingerprint density at radius 1 is 0.944 bits per heavy atom. The van der Waals surface area contributed by atoms with Crippen LogP contribution >= 0.6 is 0 Å². The highest BCUT2D eigenvalue weighted by molar-refractivity contribution is 7.85. The van der Waals surface area contributed by atoms with E-state index in [9.17, 15) is 8.42 Å². The Hall–Kier alpha value is -0.884. The fourth-order valence-electron chi connectivity index (χ4n) is 1.19. The summed E-state index contributed by atoms with van der Waals surface area (Å²) in [5.74, 6) is 0. The Morgan fingerprint density at radius 3 is 1.78 bits per heavy atom. The van der Waals surface area contributed by atoms with Gasteiger partial charge in [0.05, 0.1) is 4.90 Å². The van der Waals surface area contributed by atoms with Gasteiger partial charge in [-0.1, -0.05) is 35.9 Å². The van der Waals surface area contributed by atoms with E-state index in [1.165, 1.54) is 15.8 Å². The maximum atomic E-state index is 10.5. The van der Waals surface area contributed by atoms with Crippen LogP contribution in [0.25, 0.3) is 0 Å². The van der Waals surface area contributed by atoms with E-state index in [4.69, 9.17) is 4.55 Å². The molecule has 1 N–H and O–H groups in total. The van der Waals surface area contributed by atoms with Crippen molar-refractivity contribution in [3.63, 3.8) is 0 Å². The molecule has 0 unspecified atom stereocenters. The lowest BCUT2D eigenvalue weighted by molar-refractivity contribution is 0.483. The highest BCUT2D eigenvalue weighted by Gasteiger charge is 2.28. The topological polar surface area (TPSA) is 54.4 Å². The molecule has 5 heteroatoms. The van der Waals surface area contributed by atoms with E-state index < -0.39 is 10.1 Å². The molecule has 0 fully saturated rings. The van der Waals surface area contributed by atoms with Crippen molar-refractivity contribution >= 4 is 35.5 Å². The van der Waals surface area contributed by atoms with Crippen LogP contribution in [0.2, 0.25) is 0 Å². The van der Waals surface area contributed by atoms with Gasteiger partial charge >= 0.3 is 25.4 Å². The standard InChI is InChI=1S/C7H8O3S.C6H5.Mg/c1-6-2-4-7(5-3-6)11(8,9)10;1-2-4-6-5-3-1;/h2-5H,1H3,(H,8,9,10);1-5H;/q;;+2. The monoisotopic (exact) mass is 273 g/mol. The predicted octanol–water partition coefficient (Wildman–Crippen LogP) is 1.72. The first-order valence-electron chi connectivity index (χ1n) is 5.31. The lowest BCUT2D eigenvalue weighted by Crippen LogP contribution is -1.97. The van der Waals surface area contributed by atoms with Crippen LogP contribution in [0.3, 0.4) is 0 Å². The third kappa shape index (κ3) is 5.64. The van der Waals surface area contributed by atoms with Gasteiger partial charge in [-0.05, 0) is 19.1 Å². The van der Waals surface area contributed by atoms with Gasteiger partial charge in [0.2, 0.25) is 0 Å². The van der Waals surface area contributed by atoms with Gasteiger partial charge in [-0.15, -0.1) is 0 Å². The maximum Gasteiger partial charge on any atom is 1.47 e. The predicted molar refractivity (Wildman–Crippen MR) is 72.8 cm³/mol. The minimum atomic E-state index is -4.02. The second-order valence-electron chi connectivity index (χ2n) is 3.77. The Bertz CT molecular complexity index is 577. The number of rotatable bonds is 1. The van der Waals surface area contributed by atoms with Gasteiger partial charge in [0.25, 0.3) is 10.1 Å². The molecular weight excluding hydrogens is 261 g/mol. The summed E-state index contributed by atoms with van der Waals surface area (Å²) in [5.41, 5.74) is 0.956. The van der Waals surface area contributed by atoms with E-state index in [0.717, 1.165) is 5.56 Å². The van der Waals surface area contributed by atoms with Gasteiger partial charge in [-0.3, -0.25) is 4.55 Å². The third-order valence-corrected chi connectivity index (χ3v) is 3.50. The molecule has 89 valence electrons. The quantitative estimate of drug-likeness (QED) is 0.636. The molecule has 2 aromatic rings. The number of aryl methyl sites for hydroxylation is 1. The lowest BCUT2D eigenvalue weighted by atomic mass is 10.2. The van der Waals surface area contributed by atoms with Crippen LogP contribution in [0.1, 0.15) is 5.56 Å². The molecule has 0 aliphatic carbocycles. The minimum absolute atomic E-state index is 0.0666. The largest absolute Gasteiger partial charge is 1.47 e. The zero-order chi connectivity index (χ0) is 13.6. The normalized spacial score (nSPS) is 10.4. The highest BCUT2D eigenvalue weighted by atomic mass is 32.2. The summed E-state index contributed by atoms with van der Waals surface area (Å²) < 4.78 is 30.9. The summed E-state index contributed by atoms with van der Waals surface area (Å²) >= 11 is 1.90. The van der Waals surface area contributed by atoms with Crippen LogP contribution in [0.4, 0.5) is 0 Å². The van der Waals surface area contributed by atoms with Gasteiger partial charge in [0.15, 0.2) is 0 Å². The molecule has 2 rings (SSSR count). The molecule has 0 aliphatic rings. The van der Waals surface area contributed by atoms with Crippen molar-refractivity contribution in [1.82, 2.24) is 0 Å². The number of benzene rings is 2. The second kappa shape index (κ2) is 6.89. The first-order chi connectivity index (χ1) is 8.39. The number of hydrogen-bond acceptors (Lipinski definition) is 2. The Morgan fingerprint density at radius 2 is 1.44 bits per heavy atom. The van der Waals surface area contributed by atoms with Crippen molar-refractivity contribution in [3.8, 4) is 0 Å². The van der Waals surface area contributed by atoms with Gasteiger partial charge in [0.1, 0.15) is 0 Å². The van der Waals surface area contributed by atoms with E-state index >= 15 is 0 Å². The SMILES string of the molecule is Cc1ccc(S(=O)(=O)O)cc1.[Mg+2][c]1ccccc1. The molecule has 3 nitrogen and oxygen atoms in total. The van der Waals surface area contributed by atoms with Crippen LogP contribution in [0.5, 0.6) is 0 Å². The molecule has 0 saturated heterocycles. The molecule has 0 bridgehead atoms. The van der Waals surface area contributed by atoms with Crippen LogP contribution in [-0.2, 0) is 10.1 Å². The van der Waals surface area contributed by atoms with Crippen molar-refractivity contribution in [2.75, 3.05) is 0 Å². The average molecular weight is 274 g/mol. The Balaban J connectivity index is 0.000000199. The van der Waals surface area contributed by atoms with Crippen molar-refractivity contribution in [2.24, 2.45) is 0 Å². The molecule has 2 aromatic carbocycles. The summed E-state index contributed by atoms with van der Waals surface area (Å²) in [7, 11) is -4.02. The van der Waals surface area contributed by atoms with Crippen LogP contribution in [0.15, 0.2) is 59.5 Å². The third-order valence-electron chi connectivity index (χ3n) is 2.16. The van der Waals surface area contributed by atoms with Gasteiger partial charge < -0.3 is 0 Å². The molecule has 18 heavy (non-hydrogen) atoms. The molecule has 0 aliphatic heterocycles. The zero-order valence-corrected chi connectivity index (χ0v) is 12.3. The van der Waals surface area contributed by atoms with Gasteiger partial charge in [-0.2, -0.15) is 8.42 Å². The summed E-state index contributed by atoms with van der Waals surface area (Å²) in [6, 6.07) is 16.3. The first kappa shape index (κ1) is 15.2. The second-order valence-corrected chi connectivity index (χ2v) is 6.01. The summed E-state index contributed by atoms with van der Waals surface area (Å²) in [4.78, 5) is -0.0666. The molecule has 0 spiro atoms. The molecule has 0 heterocycles. The molecular formula is C13H13MgO3S+2. The van der Waals surface area contributed by atoms with Gasteiger partial charge in [0, 0.05) is 12.1 Å². The number of hydrogen-bond donors (Lipinski definition) is 1. The van der Waals surface area contributed by atoms with Gasteiger partial charge in [-0.25, -0.2) is 0 Å². The maximum absolute atomic E-state index is 10.5. The zero-order valence-electron chi connectivity index (χ0n) is 10.1. The van der Waals surface area contributed by atoms with E-state index in [2.05, 4.69) is 12.1 Å². The van der Waals surface area contributed by atoms with E-state index in [0.29, 0.717) is 0 Å². The van der Waals surface area contributed by atoms with Crippen molar-refractivity contribution in [1.29, 1.82) is 0 Å². The van der Waals surface area contributed by atoms with Crippen molar-refractivity contribution in [3.05, 3.63) is 60.2 Å². The highest BCUT2D eigenvalue weighted by Crippen LogP contribution is 2.08. The smallest absolute Gasteiger partial charge is 0.282 e. The minimum Gasteiger partial charge on any atom is -0.282 e. The fourth-order valence-corrected chi connectivity index (χ4v) is 1.94. The van der Waals surface area contributed by atoms with E-state index in [1.807, 2.05) is 46.8 Å². The molecule has 0 amide bonds. The molecule has 0 saturated carbocycles. The Kier molecular flexibility index (Phi) is 5.81. The molecule has 7 radical (unpaired) electrons. The van der Waals surface area contributed by atoms with Crippen LogP contribution < -0.4 is 3.69 Å². The van der Waals surface area contributed by atoms with E-state index in [-0.39, 0.29) is 4.90 Å². The van der Waals surface area contributed by atoms with Crippen LogP contribution in [0, 0.1) is 6.92 Å². The Labute approximate surface area is 120 Å². The van der Waals surface area contributed by atoms with E-state index in [1.54, 1.807) is 12.1 Å². The molecule has 0 atom stereocenters. The van der Waals surface area contributed by atoms with Crippen molar-refractivity contribution < 1.29 is 13.0 Å². The summed E-state index contributed by atoms with van der Waals surface area (Å²) in [5, 5.41) is 0. The molecule has 0 aromatic heterocycles. The first-order valence-corrected chi connectivity index (χ1v) is 7.45. The summed E-state index contributed by atoms with van der Waals surface area (Å²) in [6.07, 6.45) is 0. The summed E-state index contributed by atoms with van der Waals surface area (Å²) in [6.45, 7) is 1.84. The van der Waals surface area contributed by atoms with Crippen LogP contribution in [-0.4, -0.2) is 34.7 Å².